The van der Waals surface area contributed by atoms with Gasteiger partial charge in [0.1, 0.15) is 11.9 Å². The number of anilines is 1. The van der Waals surface area contributed by atoms with Gasteiger partial charge in [0.25, 0.3) is 0 Å². The van der Waals surface area contributed by atoms with Crippen LogP contribution in [0.3, 0.4) is 0 Å². The number of nitrogen functional groups attached to an aromatic ring is 1. The number of hydrogen-bond acceptors (Lipinski definition) is 4. The van der Waals surface area contributed by atoms with Gasteiger partial charge in [-0.15, -0.1) is 0 Å². The van der Waals surface area contributed by atoms with Gasteiger partial charge in [-0.3, -0.25) is 0 Å². The van der Waals surface area contributed by atoms with Crippen LogP contribution in [0.1, 0.15) is 21.6 Å². The minimum atomic E-state index is -4.81. The number of nitrogens with zero attached hydrogens (tertiary/aromatic N) is 2. The topological polar surface area (TPSA) is 81.0 Å². The van der Waals surface area contributed by atoms with Crippen LogP contribution in [0, 0.1) is 17.1 Å². The summed E-state index contributed by atoms with van der Waals surface area (Å²) in [5.41, 5.74) is 3.22. The highest BCUT2D eigenvalue weighted by Crippen LogP contribution is 2.36. The molecule has 5 nitrogen and oxygen atoms in total. The lowest BCUT2D eigenvalue weighted by atomic mass is 10.2. The maximum Gasteiger partial charge on any atom is 0.416 e. The Hall–Kier alpha value is -2.54. The second-order valence-electron chi connectivity index (χ2n) is 4.57. The van der Waals surface area contributed by atoms with E-state index in [1.807, 2.05) is 0 Å². The maximum absolute atomic E-state index is 13.9. The smallest absolute Gasteiger partial charge is 0.416 e. The van der Waals surface area contributed by atoms with Crippen LogP contribution in [0.15, 0.2) is 22.8 Å². The molecule has 0 atom stereocenters. The summed E-state index contributed by atoms with van der Waals surface area (Å²) in [6, 6.07) is 2.63. The largest absolute Gasteiger partial charge is 0.464 e. The van der Waals surface area contributed by atoms with Crippen molar-refractivity contribution >= 4 is 27.6 Å². The Balaban J connectivity index is 2.84. The Morgan fingerprint density at radius 2 is 2.04 bits per heavy atom. The van der Waals surface area contributed by atoms with Crippen molar-refractivity contribution in [2.24, 2.45) is 0 Å². The molecule has 0 aliphatic heterocycles. The molecule has 0 saturated carbocycles. The van der Waals surface area contributed by atoms with Crippen molar-refractivity contribution in [3.63, 3.8) is 0 Å². The summed E-state index contributed by atoms with van der Waals surface area (Å²) in [4.78, 5) is 11.9. The third-order valence-corrected chi connectivity index (χ3v) is 3.92. The van der Waals surface area contributed by atoms with Crippen molar-refractivity contribution in [3.8, 4) is 11.8 Å². The number of hydrogen-bond donors (Lipinski definition) is 1. The van der Waals surface area contributed by atoms with Crippen LogP contribution < -0.4 is 5.73 Å². The van der Waals surface area contributed by atoms with Crippen molar-refractivity contribution in [1.29, 1.82) is 5.26 Å². The predicted octanol–water partition coefficient (Wildman–Crippen LogP) is 3.64. The van der Waals surface area contributed by atoms with Gasteiger partial charge >= 0.3 is 12.1 Å². The first-order valence-electron chi connectivity index (χ1n) is 6.17. The number of ether oxygens (including phenoxy) is 1. The Bertz CT molecular complexity index is 868. The molecule has 0 saturated heterocycles. The van der Waals surface area contributed by atoms with E-state index in [4.69, 9.17) is 11.0 Å². The number of halogens is 5. The van der Waals surface area contributed by atoms with Gasteiger partial charge in [-0.1, -0.05) is 0 Å². The van der Waals surface area contributed by atoms with Gasteiger partial charge in [-0.25, -0.2) is 9.18 Å². The number of rotatable bonds is 2. The van der Waals surface area contributed by atoms with E-state index in [2.05, 4.69) is 20.7 Å². The molecule has 0 radical (unpaired) electrons. The standard InChI is InChI=1S/C14H8BrF4N3O2/c1-24-13(23)12-11(21)6(4-20)5-22(12)9-3-7(14(17,18)19)2-8(16)10(9)15/h2-3,5H,21H2,1H3. The van der Waals surface area contributed by atoms with E-state index in [0.717, 1.165) is 17.9 Å². The molecule has 1 aromatic heterocycles. The molecule has 2 rings (SSSR count). The molecule has 1 aromatic carbocycles. The normalized spacial score (nSPS) is 11.2. The molecule has 0 aliphatic carbocycles. The molecular weight excluding hydrogens is 398 g/mol. The fourth-order valence-electron chi connectivity index (χ4n) is 2.02. The molecule has 0 amide bonds. The van der Waals surface area contributed by atoms with E-state index in [1.165, 1.54) is 0 Å². The van der Waals surface area contributed by atoms with E-state index in [0.29, 0.717) is 12.1 Å². The highest BCUT2D eigenvalue weighted by atomic mass is 79.9. The van der Waals surface area contributed by atoms with Gasteiger partial charge in [-0.2, -0.15) is 18.4 Å². The summed E-state index contributed by atoms with van der Waals surface area (Å²) in [7, 11) is 1.03. The zero-order valence-electron chi connectivity index (χ0n) is 11.9. The molecule has 2 N–H and O–H groups in total. The van der Waals surface area contributed by atoms with Crippen molar-refractivity contribution < 1.29 is 27.1 Å². The molecule has 0 aliphatic rings. The lowest BCUT2D eigenvalue weighted by molar-refractivity contribution is -0.137. The number of esters is 1. The third kappa shape index (κ3) is 2.94. The number of carbonyl (C=O) groups excluding carboxylic acids is 1. The highest BCUT2D eigenvalue weighted by molar-refractivity contribution is 9.10. The van der Waals surface area contributed by atoms with Crippen LogP contribution in [0.2, 0.25) is 0 Å². The average molecular weight is 406 g/mol. The number of aromatic nitrogens is 1. The first-order valence-corrected chi connectivity index (χ1v) is 6.97. The number of methoxy groups -OCH3 is 1. The fourth-order valence-corrected chi connectivity index (χ4v) is 2.44. The summed E-state index contributed by atoms with van der Waals surface area (Å²) >= 11 is 2.84. The monoisotopic (exact) mass is 405 g/mol. The van der Waals surface area contributed by atoms with Crippen molar-refractivity contribution in [2.75, 3.05) is 12.8 Å². The third-order valence-electron chi connectivity index (χ3n) is 3.14. The summed E-state index contributed by atoms with van der Waals surface area (Å²) in [5.74, 6) is -2.18. The van der Waals surface area contributed by atoms with Gasteiger partial charge in [0, 0.05) is 6.20 Å². The zero-order valence-corrected chi connectivity index (χ0v) is 13.5. The number of nitriles is 1. The van der Waals surface area contributed by atoms with Crippen LogP contribution in [0.25, 0.3) is 5.69 Å². The fraction of sp³-hybridized carbons (Fsp3) is 0.143. The van der Waals surface area contributed by atoms with Crippen molar-refractivity contribution in [3.05, 3.63) is 45.4 Å². The minimum Gasteiger partial charge on any atom is -0.464 e. The molecule has 1 heterocycles. The van der Waals surface area contributed by atoms with Crippen LogP contribution in [0.5, 0.6) is 0 Å². The summed E-state index contributed by atoms with van der Waals surface area (Å²) in [5, 5.41) is 9.00. The highest BCUT2D eigenvalue weighted by Gasteiger charge is 2.33. The second kappa shape index (κ2) is 6.16. The van der Waals surface area contributed by atoms with Gasteiger partial charge in [-0.05, 0) is 28.1 Å². The first-order chi connectivity index (χ1) is 11.1. The quantitative estimate of drug-likeness (QED) is 0.610. The predicted molar refractivity (Wildman–Crippen MR) is 78.9 cm³/mol. The second-order valence-corrected chi connectivity index (χ2v) is 5.36. The van der Waals surface area contributed by atoms with Crippen LogP contribution in [-0.4, -0.2) is 17.6 Å². The van der Waals surface area contributed by atoms with Gasteiger partial charge in [0.2, 0.25) is 0 Å². The van der Waals surface area contributed by atoms with E-state index in [9.17, 15) is 22.4 Å². The number of nitrogens with two attached hydrogens (primary N) is 1. The lowest BCUT2D eigenvalue weighted by Crippen LogP contribution is -2.13. The Kier molecular flexibility index (Phi) is 4.57. The molecule has 126 valence electrons. The Morgan fingerprint density at radius 3 is 2.54 bits per heavy atom. The van der Waals surface area contributed by atoms with Gasteiger partial charge < -0.3 is 15.0 Å². The van der Waals surface area contributed by atoms with E-state index >= 15 is 0 Å². The summed E-state index contributed by atoms with van der Waals surface area (Å²) in [6.07, 6.45) is -3.78. The van der Waals surface area contributed by atoms with E-state index < -0.39 is 23.5 Å². The molecule has 0 fully saturated rings. The summed E-state index contributed by atoms with van der Waals surface area (Å²) < 4.78 is 57.7. The molecule has 0 unspecified atom stereocenters. The number of carbonyl (C=O) groups is 1. The number of benzene rings is 1. The van der Waals surface area contributed by atoms with E-state index in [-0.39, 0.29) is 27.1 Å². The van der Waals surface area contributed by atoms with Crippen LogP contribution in [0.4, 0.5) is 23.2 Å². The van der Waals surface area contributed by atoms with Crippen LogP contribution >= 0.6 is 15.9 Å². The summed E-state index contributed by atoms with van der Waals surface area (Å²) in [6.45, 7) is 0. The zero-order chi connectivity index (χ0) is 18.2. The lowest BCUT2D eigenvalue weighted by Gasteiger charge is -2.14. The molecular formula is C14H8BrF4N3O2. The molecule has 2 aromatic rings. The molecule has 0 spiro atoms. The average Bonchev–Trinajstić information content (AvgIpc) is 2.84. The maximum atomic E-state index is 13.9. The van der Waals surface area contributed by atoms with Crippen molar-refractivity contribution in [2.45, 2.75) is 6.18 Å². The first kappa shape index (κ1) is 17.8. The molecule has 10 heteroatoms. The SMILES string of the molecule is COC(=O)c1c(N)c(C#N)cn1-c1cc(C(F)(F)F)cc(F)c1Br. The Labute approximate surface area is 141 Å². The molecule has 24 heavy (non-hydrogen) atoms. The van der Waals surface area contributed by atoms with Gasteiger partial charge in [0.15, 0.2) is 5.69 Å². The molecule has 0 bridgehead atoms. The number of alkyl halides is 3. The van der Waals surface area contributed by atoms with E-state index in [1.54, 1.807) is 6.07 Å². The minimum absolute atomic E-state index is 0.167. The Morgan fingerprint density at radius 1 is 1.42 bits per heavy atom. The van der Waals surface area contributed by atoms with Crippen LogP contribution in [-0.2, 0) is 10.9 Å². The van der Waals surface area contributed by atoms with Gasteiger partial charge in [0.05, 0.1) is 34.1 Å². The van der Waals surface area contributed by atoms with Crippen molar-refractivity contribution in [1.82, 2.24) is 4.57 Å².